The summed E-state index contributed by atoms with van der Waals surface area (Å²) >= 11 is 0. The third-order valence-electron chi connectivity index (χ3n) is 2.47. The van der Waals surface area contributed by atoms with Crippen molar-refractivity contribution in [2.24, 2.45) is 0 Å². The summed E-state index contributed by atoms with van der Waals surface area (Å²) < 4.78 is 5.33. The van der Waals surface area contributed by atoms with Gasteiger partial charge in [-0.2, -0.15) is 0 Å². The van der Waals surface area contributed by atoms with Gasteiger partial charge in [-0.15, -0.1) is 0 Å². The standard InChI is InChI=1S/C10H15N3O2/c1-2-9-12-7-8(15-9)10(14)13-5-3-11-4-6-13/h7,11H,2-6H2,1H3. The van der Waals surface area contributed by atoms with Crippen molar-refractivity contribution in [2.45, 2.75) is 13.3 Å². The Bertz CT molecular complexity index is 342. The van der Waals surface area contributed by atoms with Gasteiger partial charge in [-0.05, 0) is 0 Å². The quantitative estimate of drug-likeness (QED) is 0.760. The molecule has 0 saturated carbocycles. The summed E-state index contributed by atoms with van der Waals surface area (Å²) in [6.45, 7) is 5.12. The topological polar surface area (TPSA) is 58.4 Å². The molecular formula is C10H15N3O2. The van der Waals surface area contributed by atoms with Crippen LogP contribution in [-0.2, 0) is 6.42 Å². The van der Waals surface area contributed by atoms with Gasteiger partial charge >= 0.3 is 0 Å². The van der Waals surface area contributed by atoms with Gasteiger partial charge < -0.3 is 14.6 Å². The number of aryl methyl sites for hydroxylation is 1. The van der Waals surface area contributed by atoms with Crippen molar-refractivity contribution in [2.75, 3.05) is 26.2 Å². The predicted molar refractivity (Wildman–Crippen MR) is 54.7 cm³/mol. The van der Waals surface area contributed by atoms with E-state index in [9.17, 15) is 4.79 Å². The molecule has 0 bridgehead atoms. The van der Waals surface area contributed by atoms with Crippen LogP contribution in [0.2, 0.25) is 0 Å². The van der Waals surface area contributed by atoms with Gasteiger partial charge in [0.1, 0.15) is 0 Å². The van der Waals surface area contributed by atoms with Crippen LogP contribution in [0.4, 0.5) is 0 Å². The molecule has 0 spiro atoms. The molecular weight excluding hydrogens is 194 g/mol. The molecule has 1 saturated heterocycles. The minimum atomic E-state index is -0.0521. The summed E-state index contributed by atoms with van der Waals surface area (Å²) in [5.74, 6) is 0.922. The lowest BCUT2D eigenvalue weighted by molar-refractivity contribution is 0.0702. The second-order valence-corrected chi connectivity index (χ2v) is 3.51. The van der Waals surface area contributed by atoms with Gasteiger partial charge in [0.2, 0.25) is 5.76 Å². The van der Waals surface area contributed by atoms with E-state index in [4.69, 9.17) is 4.42 Å². The maximum atomic E-state index is 11.9. The Balaban J connectivity index is 2.05. The van der Waals surface area contributed by atoms with Crippen LogP contribution < -0.4 is 5.32 Å². The molecule has 1 aromatic rings. The van der Waals surface area contributed by atoms with Crippen molar-refractivity contribution in [1.29, 1.82) is 0 Å². The lowest BCUT2D eigenvalue weighted by atomic mass is 10.3. The highest BCUT2D eigenvalue weighted by Crippen LogP contribution is 2.08. The average Bonchev–Trinajstić information content (AvgIpc) is 2.78. The molecule has 5 nitrogen and oxygen atoms in total. The molecule has 1 aliphatic heterocycles. The zero-order chi connectivity index (χ0) is 10.7. The van der Waals surface area contributed by atoms with E-state index in [0.717, 1.165) is 32.6 Å². The molecule has 0 radical (unpaired) electrons. The normalized spacial score (nSPS) is 16.7. The summed E-state index contributed by atoms with van der Waals surface area (Å²) in [4.78, 5) is 17.7. The molecule has 15 heavy (non-hydrogen) atoms. The van der Waals surface area contributed by atoms with Crippen LogP contribution in [0.15, 0.2) is 10.6 Å². The number of amides is 1. The fraction of sp³-hybridized carbons (Fsp3) is 0.600. The van der Waals surface area contributed by atoms with Crippen molar-refractivity contribution in [3.63, 3.8) is 0 Å². The second-order valence-electron chi connectivity index (χ2n) is 3.51. The molecule has 1 aromatic heterocycles. The maximum absolute atomic E-state index is 11.9. The van der Waals surface area contributed by atoms with E-state index in [1.165, 1.54) is 6.20 Å². The summed E-state index contributed by atoms with van der Waals surface area (Å²) in [6, 6.07) is 0. The molecule has 0 unspecified atom stereocenters. The molecule has 2 rings (SSSR count). The fourth-order valence-corrected chi connectivity index (χ4v) is 1.60. The molecule has 1 N–H and O–H groups in total. The number of piperazine rings is 1. The third kappa shape index (κ3) is 2.18. The number of aromatic nitrogens is 1. The van der Waals surface area contributed by atoms with Crippen LogP contribution in [0.25, 0.3) is 0 Å². The van der Waals surface area contributed by atoms with Gasteiger partial charge in [0.05, 0.1) is 6.20 Å². The Kier molecular flexibility index (Phi) is 3.01. The molecule has 0 aliphatic carbocycles. The number of carbonyl (C=O) groups is 1. The highest BCUT2D eigenvalue weighted by Gasteiger charge is 2.21. The van der Waals surface area contributed by atoms with Gasteiger partial charge in [0.15, 0.2) is 5.89 Å². The number of nitrogens with zero attached hydrogens (tertiary/aromatic N) is 2. The van der Waals surface area contributed by atoms with Crippen LogP contribution in [0.1, 0.15) is 23.4 Å². The first-order chi connectivity index (χ1) is 7.31. The summed E-state index contributed by atoms with van der Waals surface area (Å²) in [5, 5.41) is 3.20. The average molecular weight is 209 g/mol. The number of rotatable bonds is 2. The van der Waals surface area contributed by atoms with Crippen molar-refractivity contribution in [3.8, 4) is 0 Å². The first-order valence-corrected chi connectivity index (χ1v) is 5.26. The zero-order valence-corrected chi connectivity index (χ0v) is 8.82. The molecule has 2 heterocycles. The predicted octanol–water partition coefficient (Wildman–Crippen LogP) is 0.282. The van der Waals surface area contributed by atoms with Gasteiger partial charge in [-0.3, -0.25) is 4.79 Å². The second kappa shape index (κ2) is 4.44. The first-order valence-electron chi connectivity index (χ1n) is 5.26. The lowest BCUT2D eigenvalue weighted by Crippen LogP contribution is -2.46. The number of hydrogen-bond donors (Lipinski definition) is 1. The smallest absolute Gasteiger partial charge is 0.291 e. The van der Waals surface area contributed by atoms with Crippen molar-refractivity contribution < 1.29 is 9.21 Å². The number of carbonyl (C=O) groups excluding carboxylic acids is 1. The van der Waals surface area contributed by atoms with E-state index in [2.05, 4.69) is 10.3 Å². The highest BCUT2D eigenvalue weighted by atomic mass is 16.4. The molecule has 5 heteroatoms. The monoisotopic (exact) mass is 209 g/mol. The van der Waals surface area contributed by atoms with Crippen molar-refractivity contribution in [1.82, 2.24) is 15.2 Å². The minimum Gasteiger partial charge on any atom is -0.436 e. The molecule has 1 aliphatic rings. The van der Waals surface area contributed by atoms with E-state index >= 15 is 0 Å². The Morgan fingerprint density at radius 1 is 1.60 bits per heavy atom. The van der Waals surface area contributed by atoms with Crippen LogP contribution >= 0.6 is 0 Å². The Hall–Kier alpha value is -1.36. The molecule has 1 fully saturated rings. The lowest BCUT2D eigenvalue weighted by Gasteiger charge is -2.26. The largest absolute Gasteiger partial charge is 0.436 e. The van der Waals surface area contributed by atoms with E-state index in [1.54, 1.807) is 4.90 Å². The SMILES string of the molecule is CCc1ncc(C(=O)N2CCNCC2)o1. The van der Waals surface area contributed by atoms with Gasteiger partial charge in [0, 0.05) is 32.6 Å². The van der Waals surface area contributed by atoms with Crippen LogP contribution in [0, 0.1) is 0 Å². The van der Waals surface area contributed by atoms with E-state index in [1.807, 2.05) is 6.92 Å². The Morgan fingerprint density at radius 2 is 2.33 bits per heavy atom. The number of nitrogens with one attached hydrogen (secondary N) is 1. The van der Waals surface area contributed by atoms with Gasteiger partial charge in [-0.1, -0.05) is 6.92 Å². The summed E-state index contributed by atoms with van der Waals surface area (Å²) in [5.41, 5.74) is 0. The van der Waals surface area contributed by atoms with Crippen LogP contribution in [0.5, 0.6) is 0 Å². The molecule has 0 atom stereocenters. The van der Waals surface area contributed by atoms with Crippen molar-refractivity contribution >= 4 is 5.91 Å². The van der Waals surface area contributed by atoms with Gasteiger partial charge in [-0.25, -0.2) is 4.98 Å². The molecule has 0 aromatic carbocycles. The highest BCUT2D eigenvalue weighted by molar-refractivity contribution is 5.91. The Morgan fingerprint density at radius 3 is 2.93 bits per heavy atom. The molecule has 82 valence electrons. The van der Waals surface area contributed by atoms with Gasteiger partial charge in [0.25, 0.3) is 5.91 Å². The number of hydrogen-bond acceptors (Lipinski definition) is 4. The van der Waals surface area contributed by atoms with Crippen LogP contribution in [-0.4, -0.2) is 42.0 Å². The Labute approximate surface area is 88.5 Å². The third-order valence-corrected chi connectivity index (χ3v) is 2.47. The van der Waals surface area contributed by atoms with E-state index in [0.29, 0.717) is 11.7 Å². The fourth-order valence-electron chi connectivity index (χ4n) is 1.60. The van der Waals surface area contributed by atoms with Crippen LogP contribution in [0.3, 0.4) is 0 Å². The first kappa shape index (κ1) is 10.2. The zero-order valence-electron chi connectivity index (χ0n) is 8.82. The van der Waals surface area contributed by atoms with Crippen molar-refractivity contribution in [3.05, 3.63) is 17.8 Å². The number of oxazole rings is 1. The molecule has 1 amide bonds. The summed E-state index contributed by atoms with van der Waals surface area (Å²) in [6.07, 6.45) is 2.23. The minimum absolute atomic E-state index is 0.0521. The van der Waals surface area contributed by atoms with E-state index < -0.39 is 0 Å². The summed E-state index contributed by atoms with van der Waals surface area (Å²) in [7, 11) is 0. The maximum Gasteiger partial charge on any atom is 0.291 e. The van der Waals surface area contributed by atoms with E-state index in [-0.39, 0.29) is 5.91 Å².